The largest absolute Gasteiger partial charge is 0.382 e. The van der Waals surface area contributed by atoms with Crippen molar-refractivity contribution in [3.05, 3.63) is 53.0 Å². The average molecular weight is 377 g/mol. The van der Waals surface area contributed by atoms with Gasteiger partial charge in [-0.05, 0) is 18.6 Å². The zero-order valence-electron chi connectivity index (χ0n) is 12.5. The topological polar surface area (TPSA) is 68.5 Å². The Morgan fingerprint density at radius 2 is 2.39 bits per heavy atom. The van der Waals surface area contributed by atoms with Crippen LogP contribution in [0.3, 0.4) is 0 Å². The highest BCUT2D eigenvalue weighted by Gasteiger charge is 2.28. The number of carbonyl (C=O) groups is 1. The average Bonchev–Trinajstić information content (AvgIpc) is 3.23. The van der Waals surface area contributed by atoms with Gasteiger partial charge in [0.2, 0.25) is 6.10 Å². The minimum atomic E-state index is -0.544. The van der Waals surface area contributed by atoms with E-state index < -0.39 is 6.10 Å². The fourth-order valence-corrected chi connectivity index (χ4v) is 2.76. The van der Waals surface area contributed by atoms with Gasteiger partial charge in [-0.25, -0.2) is 4.98 Å². The summed E-state index contributed by atoms with van der Waals surface area (Å²) in [5.74, 6) is -0.121. The second-order valence-corrected chi connectivity index (χ2v) is 6.21. The molecule has 0 bridgehead atoms. The SMILES string of the molecule is O=C(NCCCn1ccnc1)[C@@H]1CC(c2cccc(Br)c2)=NO1. The molecule has 0 aliphatic carbocycles. The maximum atomic E-state index is 12.1. The fraction of sp³-hybridized carbons (Fsp3) is 0.312. The molecular formula is C16H17BrN4O2. The minimum absolute atomic E-state index is 0.121. The van der Waals surface area contributed by atoms with E-state index >= 15 is 0 Å². The van der Waals surface area contributed by atoms with Crippen molar-refractivity contribution in [3.63, 3.8) is 0 Å². The number of halogens is 1. The predicted octanol–water partition coefficient (Wildman–Crippen LogP) is 2.35. The lowest BCUT2D eigenvalue weighted by molar-refractivity contribution is -0.131. The first kappa shape index (κ1) is 15.7. The normalized spacial score (nSPS) is 16.7. The smallest absolute Gasteiger partial charge is 0.264 e. The van der Waals surface area contributed by atoms with Crippen LogP contribution >= 0.6 is 15.9 Å². The van der Waals surface area contributed by atoms with E-state index in [2.05, 4.69) is 31.4 Å². The number of nitrogens with zero attached hydrogens (tertiary/aromatic N) is 3. The number of carbonyl (C=O) groups excluding carboxylic acids is 1. The molecule has 1 amide bonds. The summed E-state index contributed by atoms with van der Waals surface area (Å²) in [4.78, 5) is 21.4. The summed E-state index contributed by atoms with van der Waals surface area (Å²) in [6, 6.07) is 7.81. The van der Waals surface area contributed by atoms with E-state index in [1.54, 1.807) is 12.5 Å². The number of hydrogen-bond acceptors (Lipinski definition) is 4. The van der Waals surface area contributed by atoms with Crippen LogP contribution in [0, 0.1) is 0 Å². The van der Waals surface area contributed by atoms with Gasteiger partial charge in [0, 0.05) is 41.9 Å². The molecule has 1 aliphatic heterocycles. The molecular weight excluding hydrogens is 360 g/mol. The molecule has 6 nitrogen and oxygen atoms in total. The lowest BCUT2D eigenvalue weighted by atomic mass is 10.0. The molecule has 2 aromatic rings. The summed E-state index contributed by atoms with van der Waals surface area (Å²) in [5.41, 5.74) is 1.76. The number of amides is 1. The molecule has 0 saturated carbocycles. The van der Waals surface area contributed by atoms with Crippen LogP contribution in [0.2, 0.25) is 0 Å². The number of nitrogens with one attached hydrogen (secondary N) is 1. The highest BCUT2D eigenvalue weighted by Crippen LogP contribution is 2.19. The lowest BCUT2D eigenvalue weighted by Crippen LogP contribution is -2.35. The number of benzene rings is 1. The first-order chi connectivity index (χ1) is 11.2. The number of oxime groups is 1. The molecule has 23 heavy (non-hydrogen) atoms. The quantitative estimate of drug-likeness (QED) is 0.786. The summed E-state index contributed by atoms with van der Waals surface area (Å²) in [6.07, 6.45) is 6.20. The highest BCUT2D eigenvalue weighted by atomic mass is 79.9. The first-order valence-electron chi connectivity index (χ1n) is 7.44. The summed E-state index contributed by atoms with van der Waals surface area (Å²) >= 11 is 3.43. The van der Waals surface area contributed by atoms with Crippen LogP contribution in [-0.2, 0) is 16.2 Å². The monoisotopic (exact) mass is 376 g/mol. The third-order valence-corrected chi connectivity index (χ3v) is 4.06. The Kier molecular flexibility index (Phi) is 5.07. The van der Waals surface area contributed by atoms with E-state index in [1.807, 2.05) is 35.0 Å². The van der Waals surface area contributed by atoms with Gasteiger partial charge in [-0.1, -0.05) is 33.2 Å². The summed E-state index contributed by atoms with van der Waals surface area (Å²) in [7, 11) is 0. The molecule has 1 aromatic carbocycles. The molecule has 120 valence electrons. The van der Waals surface area contributed by atoms with Crippen LogP contribution in [0.5, 0.6) is 0 Å². The van der Waals surface area contributed by atoms with Crippen molar-refractivity contribution in [3.8, 4) is 0 Å². The van der Waals surface area contributed by atoms with Crippen LogP contribution in [0.4, 0.5) is 0 Å². The van der Waals surface area contributed by atoms with Crippen LogP contribution in [0.15, 0.2) is 52.6 Å². The van der Waals surface area contributed by atoms with Crippen molar-refractivity contribution >= 4 is 27.5 Å². The fourth-order valence-electron chi connectivity index (χ4n) is 2.36. The molecule has 1 aromatic heterocycles. The highest BCUT2D eigenvalue weighted by molar-refractivity contribution is 9.10. The number of aryl methyl sites for hydroxylation is 1. The summed E-state index contributed by atoms with van der Waals surface area (Å²) in [6.45, 7) is 1.43. The molecule has 7 heteroatoms. The molecule has 2 heterocycles. The van der Waals surface area contributed by atoms with E-state index in [-0.39, 0.29) is 5.91 Å². The zero-order valence-corrected chi connectivity index (χ0v) is 14.1. The summed E-state index contributed by atoms with van der Waals surface area (Å²) in [5, 5.41) is 6.93. The minimum Gasteiger partial charge on any atom is -0.382 e. The van der Waals surface area contributed by atoms with Gasteiger partial charge in [0.15, 0.2) is 0 Å². The van der Waals surface area contributed by atoms with Crippen LogP contribution < -0.4 is 5.32 Å². The Morgan fingerprint density at radius 1 is 1.48 bits per heavy atom. The van der Waals surface area contributed by atoms with Crippen LogP contribution in [0.1, 0.15) is 18.4 Å². The van der Waals surface area contributed by atoms with Gasteiger partial charge >= 0.3 is 0 Å². The van der Waals surface area contributed by atoms with Gasteiger partial charge < -0.3 is 14.7 Å². The second kappa shape index (κ2) is 7.41. The van der Waals surface area contributed by atoms with Crippen LogP contribution in [0.25, 0.3) is 0 Å². The van der Waals surface area contributed by atoms with Gasteiger partial charge in [-0.3, -0.25) is 4.79 Å². The molecule has 0 spiro atoms. The summed E-state index contributed by atoms with van der Waals surface area (Å²) < 4.78 is 2.96. The molecule has 1 N–H and O–H groups in total. The van der Waals surface area contributed by atoms with Gasteiger partial charge in [0.05, 0.1) is 12.0 Å². The number of aromatic nitrogens is 2. The van der Waals surface area contributed by atoms with Crippen molar-refractivity contribution in [1.29, 1.82) is 0 Å². The first-order valence-corrected chi connectivity index (χ1v) is 8.24. The lowest BCUT2D eigenvalue weighted by Gasteiger charge is -2.09. The third-order valence-electron chi connectivity index (χ3n) is 3.57. The Morgan fingerprint density at radius 3 is 3.17 bits per heavy atom. The predicted molar refractivity (Wildman–Crippen MR) is 90.0 cm³/mol. The number of imidazole rings is 1. The van der Waals surface area contributed by atoms with Crippen molar-refractivity contribution in [2.75, 3.05) is 6.54 Å². The molecule has 1 atom stereocenters. The molecule has 3 rings (SSSR count). The Bertz CT molecular complexity index is 700. The van der Waals surface area contributed by atoms with Crippen molar-refractivity contribution < 1.29 is 9.63 Å². The Labute approximate surface area is 142 Å². The standard InChI is InChI=1S/C16H17BrN4O2/c17-13-4-1-3-12(9-13)14-10-15(23-20-14)16(22)19-5-2-7-21-8-6-18-11-21/h1,3-4,6,8-9,11,15H,2,5,7,10H2,(H,19,22)/t15-/m0/s1. The van der Waals surface area contributed by atoms with Crippen molar-refractivity contribution in [2.45, 2.75) is 25.5 Å². The third kappa shape index (κ3) is 4.19. The molecule has 0 saturated heterocycles. The number of rotatable bonds is 6. The molecule has 0 fully saturated rings. The van der Waals surface area contributed by atoms with Crippen LogP contribution in [-0.4, -0.2) is 33.8 Å². The Balaban J connectivity index is 1.43. The second-order valence-electron chi connectivity index (χ2n) is 5.29. The zero-order chi connectivity index (χ0) is 16.1. The van der Waals surface area contributed by atoms with E-state index in [4.69, 9.17) is 4.84 Å². The van der Waals surface area contributed by atoms with E-state index in [1.165, 1.54) is 0 Å². The van der Waals surface area contributed by atoms with Gasteiger partial charge in [-0.15, -0.1) is 0 Å². The Hall–Kier alpha value is -2.15. The molecule has 0 radical (unpaired) electrons. The van der Waals surface area contributed by atoms with E-state index in [0.29, 0.717) is 13.0 Å². The van der Waals surface area contributed by atoms with Gasteiger partial charge in [0.25, 0.3) is 5.91 Å². The maximum Gasteiger partial charge on any atom is 0.264 e. The number of hydrogen-bond donors (Lipinski definition) is 1. The van der Waals surface area contributed by atoms with Crippen molar-refractivity contribution in [1.82, 2.24) is 14.9 Å². The van der Waals surface area contributed by atoms with Gasteiger partial charge in [-0.2, -0.15) is 0 Å². The molecule has 1 aliphatic rings. The van der Waals surface area contributed by atoms with Crippen molar-refractivity contribution in [2.24, 2.45) is 5.16 Å². The maximum absolute atomic E-state index is 12.1. The molecule has 0 unspecified atom stereocenters. The van der Waals surface area contributed by atoms with Gasteiger partial charge in [0.1, 0.15) is 0 Å². The van der Waals surface area contributed by atoms with E-state index in [0.717, 1.165) is 28.7 Å². The van der Waals surface area contributed by atoms with E-state index in [9.17, 15) is 4.79 Å².